The monoisotopic (exact) mass is 434 g/mol. The number of esters is 2. The molecule has 0 saturated heterocycles. The van der Waals surface area contributed by atoms with E-state index in [1.54, 1.807) is 0 Å². The van der Waals surface area contributed by atoms with Gasteiger partial charge < -0.3 is 14.0 Å². The molecule has 0 bridgehead atoms. The lowest BCUT2D eigenvalue weighted by Crippen LogP contribution is -2.49. The number of aryl methyl sites for hydroxylation is 1. The molecule has 0 fully saturated rings. The lowest BCUT2D eigenvalue weighted by Gasteiger charge is -2.41. The molecule has 0 spiro atoms. The van der Waals surface area contributed by atoms with Crippen molar-refractivity contribution in [2.75, 3.05) is 13.7 Å². The summed E-state index contributed by atoms with van der Waals surface area (Å²) in [5, 5.41) is 1.15. The van der Waals surface area contributed by atoms with Crippen LogP contribution in [0, 0.1) is 0 Å². The van der Waals surface area contributed by atoms with Gasteiger partial charge in [-0.05, 0) is 30.5 Å². The van der Waals surface area contributed by atoms with Crippen LogP contribution in [-0.2, 0) is 39.1 Å². The molecule has 1 aliphatic heterocycles. The second-order valence-corrected chi connectivity index (χ2v) is 8.20. The van der Waals surface area contributed by atoms with E-state index in [1.165, 1.54) is 12.7 Å². The highest BCUT2D eigenvalue weighted by molar-refractivity contribution is 5.88. The molecule has 2 aromatic carbocycles. The quantitative estimate of drug-likeness (QED) is 0.523. The van der Waals surface area contributed by atoms with Crippen LogP contribution in [-0.4, -0.2) is 41.2 Å². The number of fused-ring (bicyclic) bond motifs is 3. The number of rotatable bonds is 7. The van der Waals surface area contributed by atoms with E-state index in [-0.39, 0.29) is 24.4 Å². The number of ether oxygens (including phenoxy) is 2. The third-order valence-corrected chi connectivity index (χ3v) is 6.39. The topological polar surface area (TPSA) is 60.8 Å². The zero-order chi connectivity index (χ0) is 22.7. The molecule has 2 atom stereocenters. The average molecular weight is 435 g/mol. The molecule has 4 rings (SSSR count). The third kappa shape index (κ3) is 4.15. The maximum absolute atomic E-state index is 13.1. The van der Waals surface area contributed by atoms with Crippen molar-refractivity contribution in [1.29, 1.82) is 0 Å². The second-order valence-electron chi connectivity index (χ2n) is 8.20. The van der Waals surface area contributed by atoms with Crippen molar-refractivity contribution in [2.24, 2.45) is 7.05 Å². The Kier molecular flexibility index (Phi) is 6.61. The first kappa shape index (κ1) is 22.1. The van der Waals surface area contributed by atoms with Gasteiger partial charge in [-0.2, -0.15) is 0 Å². The van der Waals surface area contributed by atoms with E-state index < -0.39 is 6.04 Å². The summed E-state index contributed by atoms with van der Waals surface area (Å²) in [5.41, 5.74) is 4.57. The number of hydrogen-bond donors (Lipinski definition) is 0. The molecule has 0 N–H and O–H groups in total. The number of carbonyl (C=O) groups excluding carboxylic acids is 2. The molecule has 0 unspecified atom stereocenters. The van der Waals surface area contributed by atoms with Crippen LogP contribution in [0.15, 0.2) is 54.6 Å². The van der Waals surface area contributed by atoms with Gasteiger partial charge in [0.15, 0.2) is 0 Å². The Labute approximate surface area is 188 Å². The Morgan fingerprint density at radius 2 is 1.78 bits per heavy atom. The maximum Gasteiger partial charge on any atom is 0.323 e. The summed E-state index contributed by atoms with van der Waals surface area (Å²) in [6.07, 6.45) is 1.42. The molecule has 32 heavy (non-hydrogen) atoms. The highest BCUT2D eigenvalue weighted by Crippen LogP contribution is 2.42. The minimum absolute atomic E-state index is 0.120. The Morgan fingerprint density at radius 1 is 1.06 bits per heavy atom. The predicted molar refractivity (Wildman–Crippen MR) is 123 cm³/mol. The van der Waals surface area contributed by atoms with Gasteiger partial charge in [0, 0.05) is 43.0 Å². The van der Waals surface area contributed by atoms with Gasteiger partial charge in [-0.1, -0.05) is 48.5 Å². The van der Waals surface area contributed by atoms with E-state index >= 15 is 0 Å². The van der Waals surface area contributed by atoms with Crippen molar-refractivity contribution in [3.8, 4) is 0 Å². The van der Waals surface area contributed by atoms with Crippen molar-refractivity contribution < 1.29 is 19.1 Å². The van der Waals surface area contributed by atoms with Crippen molar-refractivity contribution in [2.45, 2.75) is 44.8 Å². The van der Waals surface area contributed by atoms with Crippen LogP contribution in [0.3, 0.4) is 0 Å². The largest absolute Gasteiger partial charge is 0.469 e. The van der Waals surface area contributed by atoms with Gasteiger partial charge in [-0.25, -0.2) is 0 Å². The first-order valence-corrected chi connectivity index (χ1v) is 11.1. The fourth-order valence-electron chi connectivity index (χ4n) is 4.95. The number of para-hydroxylation sites is 1. The van der Waals surface area contributed by atoms with Crippen LogP contribution in [0.25, 0.3) is 10.9 Å². The Hall–Kier alpha value is -3.12. The SMILES string of the molecule is CCOC(=O)[C@H]1Cc2c(n(C)c3ccccc23)[C@@H](CCC(=O)OC)N1Cc1ccccc1. The van der Waals surface area contributed by atoms with Crippen LogP contribution in [0.1, 0.15) is 42.6 Å². The number of methoxy groups -OCH3 is 1. The zero-order valence-corrected chi connectivity index (χ0v) is 18.9. The summed E-state index contributed by atoms with van der Waals surface area (Å²) >= 11 is 0. The standard InChI is InChI=1S/C26H30N2O4/c1-4-32-26(30)23-16-20-19-12-8-9-13-21(19)27(2)25(20)22(14-15-24(29)31-3)28(23)17-18-10-6-5-7-11-18/h5-13,22-23H,4,14-17H2,1-3H3/t22-,23-/m1/s1. The number of benzene rings is 2. The third-order valence-electron chi connectivity index (χ3n) is 6.39. The molecule has 1 aromatic heterocycles. The van der Waals surface area contributed by atoms with Crippen molar-refractivity contribution in [3.63, 3.8) is 0 Å². The van der Waals surface area contributed by atoms with Crippen LogP contribution >= 0.6 is 0 Å². The first-order chi connectivity index (χ1) is 15.5. The number of aromatic nitrogens is 1. The van der Waals surface area contributed by atoms with E-state index in [0.717, 1.165) is 22.2 Å². The minimum atomic E-state index is -0.420. The van der Waals surface area contributed by atoms with Gasteiger partial charge in [0.25, 0.3) is 0 Å². The van der Waals surface area contributed by atoms with E-state index in [4.69, 9.17) is 9.47 Å². The Bertz CT molecular complexity index is 1110. The molecule has 6 heteroatoms. The van der Waals surface area contributed by atoms with Crippen LogP contribution in [0.2, 0.25) is 0 Å². The molecule has 0 aliphatic carbocycles. The average Bonchev–Trinajstić information content (AvgIpc) is 3.10. The molecule has 1 aliphatic rings. The van der Waals surface area contributed by atoms with Crippen molar-refractivity contribution in [1.82, 2.24) is 9.47 Å². The van der Waals surface area contributed by atoms with Gasteiger partial charge in [0.1, 0.15) is 6.04 Å². The van der Waals surface area contributed by atoms with Crippen LogP contribution in [0.5, 0.6) is 0 Å². The molecular weight excluding hydrogens is 404 g/mol. The molecule has 6 nitrogen and oxygen atoms in total. The highest BCUT2D eigenvalue weighted by atomic mass is 16.5. The summed E-state index contributed by atoms with van der Waals surface area (Å²) in [7, 11) is 3.48. The van der Waals surface area contributed by atoms with E-state index in [1.807, 2.05) is 37.3 Å². The van der Waals surface area contributed by atoms with Crippen molar-refractivity contribution >= 4 is 22.8 Å². The van der Waals surface area contributed by atoms with E-state index in [2.05, 4.69) is 40.8 Å². The fraction of sp³-hybridized carbons (Fsp3) is 0.385. The second kappa shape index (κ2) is 9.57. The molecule has 0 radical (unpaired) electrons. The van der Waals surface area contributed by atoms with Crippen LogP contribution < -0.4 is 0 Å². The Morgan fingerprint density at radius 3 is 2.50 bits per heavy atom. The fourth-order valence-corrected chi connectivity index (χ4v) is 4.95. The normalized spacial score (nSPS) is 18.3. The predicted octanol–water partition coefficient (Wildman–Crippen LogP) is 4.16. The van der Waals surface area contributed by atoms with Crippen molar-refractivity contribution in [3.05, 3.63) is 71.4 Å². The highest BCUT2D eigenvalue weighted by Gasteiger charge is 2.41. The number of carbonyl (C=O) groups is 2. The van der Waals surface area contributed by atoms with Gasteiger partial charge >= 0.3 is 11.9 Å². The van der Waals surface area contributed by atoms with E-state index in [9.17, 15) is 9.59 Å². The smallest absolute Gasteiger partial charge is 0.323 e. The molecule has 0 amide bonds. The van der Waals surface area contributed by atoms with Gasteiger partial charge in [0.2, 0.25) is 0 Å². The Balaban J connectivity index is 1.84. The van der Waals surface area contributed by atoms with E-state index in [0.29, 0.717) is 26.0 Å². The first-order valence-electron chi connectivity index (χ1n) is 11.1. The summed E-state index contributed by atoms with van der Waals surface area (Å²) in [5.74, 6) is -0.465. The zero-order valence-electron chi connectivity index (χ0n) is 18.9. The molecule has 3 aromatic rings. The van der Waals surface area contributed by atoms with Gasteiger partial charge in [-0.15, -0.1) is 0 Å². The lowest BCUT2D eigenvalue weighted by atomic mass is 9.88. The summed E-state index contributed by atoms with van der Waals surface area (Å²) in [6, 6.07) is 17.9. The number of nitrogens with zero attached hydrogens (tertiary/aromatic N) is 2. The molecule has 0 saturated carbocycles. The maximum atomic E-state index is 13.1. The van der Waals surface area contributed by atoms with Crippen LogP contribution in [0.4, 0.5) is 0 Å². The summed E-state index contributed by atoms with van der Waals surface area (Å²) in [6.45, 7) is 2.77. The minimum Gasteiger partial charge on any atom is -0.469 e. The van der Waals surface area contributed by atoms with Gasteiger partial charge in [-0.3, -0.25) is 14.5 Å². The van der Waals surface area contributed by atoms with Gasteiger partial charge in [0.05, 0.1) is 19.8 Å². The summed E-state index contributed by atoms with van der Waals surface area (Å²) < 4.78 is 12.6. The molecule has 168 valence electrons. The molecule has 2 heterocycles. The lowest BCUT2D eigenvalue weighted by molar-refractivity contribution is -0.151. The number of hydrogen-bond acceptors (Lipinski definition) is 5. The summed E-state index contributed by atoms with van der Waals surface area (Å²) in [4.78, 5) is 27.4. The molecular formula is C26H30N2O4.